The van der Waals surface area contributed by atoms with E-state index >= 15 is 0 Å². The fourth-order valence-corrected chi connectivity index (χ4v) is 0. The summed E-state index contributed by atoms with van der Waals surface area (Å²) in [6.07, 6.45) is 0. The van der Waals surface area contributed by atoms with Crippen LogP contribution in [-0.2, 0) is 0 Å². The van der Waals surface area contributed by atoms with E-state index in [9.17, 15) is 0 Å². The molecule has 0 radical (unpaired) electrons. The Morgan fingerprint density at radius 3 is 0.800 bits per heavy atom. The Balaban J connectivity index is 0. The van der Waals surface area contributed by atoms with E-state index in [4.69, 9.17) is 0 Å². The summed E-state index contributed by atoms with van der Waals surface area (Å²) in [5.41, 5.74) is 0. The summed E-state index contributed by atoms with van der Waals surface area (Å²) in [6.45, 7) is 0. The van der Waals surface area contributed by atoms with E-state index in [2.05, 4.69) is 0 Å². The minimum atomic E-state index is 0. The van der Waals surface area contributed by atoms with Crippen molar-refractivity contribution < 1.29 is 5.48 Å². The third-order valence-corrected chi connectivity index (χ3v) is 0. The number of halogens is 2. The van der Waals surface area contributed by atoms with Crippen molar-refractivity contribution in [3.8, 4) is 0 Å². The molecule has 0 aliphatic heterocycles. The first kappa shape index (κ1) is 35.7. The van der Waals surface area contributed by atoms with Crippen LogP contribution in [0.15, 0.2) is 0 Å². The molecule has 0 unspecified atom stereocenters. The van der Waals surface area contributed by atoms with Gasteiger partial charge in [0, 0.05) is 0 Å². The molecule has 5 heteroatoms. The Hall–Kier alpha value is 4.06. The number of hydrogen-bond donors (Lipinski definition) is 0. The molecule has 0 amide bonds. The molecular formula is H6I2KNaO. The van der Waals surface area contributed by atoms with Crippen molar-refractivity contribution in [3.05, 3.63) is 0 Å². The summed E-state index contributed by atoms with van der Waals surface area (Å²) in [5.74, 6) is 0. The normalized spacial score (nSPS) is 0. The van der Waals surface area contributed by atoms with E-state index in [1.807, 2.05) is 0 Å². The van der Waals surface area contributed by atoms with Gasteiger partial charge in [0.1, 0.15) is 0 Å². The maximum atomic E-state index is 0. The van der Waals surface area contributed by atoms with Crippen molar-refractivity contribution in [1.29, 1.82) is 0 Å². The van der Waals surface area contributed by atoms with E-state index in [0.29, 0.717) is 0 Å². The molecule has 0 aromatic heterocycles. The number of hydrogen-bond acceptors (Lipinski definition) is 0. The van der Waals surface area contributed by atoms with Gasteiger partial charge in [-0.3, -0.25) is 0 Å². The molecule has 0 saturated carbocycles. The van der Waals surface area contributed by atoms with Crippen LogP contribution in [0.3, 0.4) is 0 Å². The maximum absolute atomic E-state index is 0. The molecule has 0 spiro atoms. The number of rotatable bonds is 0. The molecule has 0 saturated heterocycles. The van der Waals surface area contributed by atoms with Crippen LogP contribution in [-0.4, -0.2) is 86.4 Å². The van der Waals surface area contributed by atoms with Crippen LogP contribution < -0.4 is 0 Å². The Morgan fingerprint density at radius 2 is 0.800 bits per heavy atom. The van der Waals surface area contributed by atoms with Crippen molar-refractivity contribution in [2.75, 3.05) is 0 Å². The molecule has 0 aromatic carbocycles. The molecule has 0 aromatic rings. The summed E-state index contributed by atoms with van der Waals surface area (Å²) < 4.78 is 0. The van der Waals surface area contributed by atoms with Gasteiger partial charge in [-0.2, -0.15) is 0 Å². The second kappa shape index (κ2) is 24.4. The summed E-state index contributed by atoms with van der Waals surface area (Å²) in [5, 5.41) is 0. The topological polar surface area (TPSA) is 31.5 Å². The molecular weight excluding hydrogens is 332 g/mol. The quantitative estimate of drug-likeness (QED) is 0.406. The van der Waals surface area contributed by atoms with Crippen molar-refractivity contribution in [2.45, 2.75) is 0 Å². The fraction of sp³-hybridized carbons (Fsp3) is 0. The van der Waals surface area contributed by atoms with Crippen LogP contribution in [0.25, 0.3) is 0 Å². The standard InChI is InChI=1S/2HI.K.Na.H2O.2H/h2*1H;;;1H2;;. The van der Waals surface area contributed by atoms with Gasteiger partial charge in [0.15, 0.2) is 0 Å². The zero-order valence-electron chi connectivity index (χ0n) is 1.32. The van der Waals surface area contributed by atoms with Crippen LogP contribution in [0.2, 0.25) is 0 Å². The summed E-state index contributed by atoms with van der Waals surface area (Å²) in [4.78, 5) is 0. The van der Waals surface area contributed by atoms with E-state index in [0.717, 1.165) is 0 Å². The van der Waals surface area contributed by atoms with Gasteiger partial charge in [0.05, 0.1) is 0 Å². The molecule has 0 aliphatic carbocycles. The van der Waals surface area contributed by atoms with Crippen molar-refractivity contribution in [1.82, 2.24) is 0 Å². The summed E-state index contributed by atoms with van der Waals surface area (Å²) in [6, 6.07) is 0. The molecule has 0 fully saturated rings. The molecule has 0 atom stereocenters. The molecule has 5 heavy (non-hydrogen) atoms. The van der Waals surface area contributed by atoms with Crippen LogP contribution in [0.4, 0.5) is 0 Å². The molecule has 2 N–H and O–H groups in total. The molecule has 28 valence electrons. The first-order valence-electron chi connectivity index (χ1n) is 0. The monoisotopic (exact) mass is 338 g/mol. The molecule has 1 nitrogen and oxygen atoms in total. The first-order valence-corrected chi connectivity index (χ1v) is 0. The fourth-order valence-electron chi connectivity index (χ4n) is 0. The Labute approximate surface area is 130 Å². The second-order valence-electron chi connectivity index (χ2n) is 0. The van der Waals surface area contributed by atoms with Gasteiger partial charge >= 0.3 is 80.9 Å². The van der Waals surface area contributed by atoms with Gasteiger partial charge in [-0.25, -0.2) is 0 Å². The third-order valence-electron chi connectivity index (χ3n) is 0. The van der Waals surface area contributed by atoms with Gasteiger partial charge in [-0.15, -0.1) is 48.0 Å². The van der Waals surface area contributed by atoms with E-state index in [1.54, 1.807) is 0 Å². The zero-order chi connectivity index (χ0) is 0. The van der Waals surface area contributed by atoms with Gasteiger partial charge in [0.25, 0.3) is 0 Å². The average Bonchev–Trinajstić information content (AvgIpc) is 0. The van der Waals surface area contributed by atoms with Gasteiger partial charge < -0.3 is 5.48 Å². The Bertz CT molecular complexity index is 9.61. The average molecular weight is 338 g/mol. The predicted molar refractivity (Wildman–Crippen MR) is 48.7 cm³/mol. The van der Waals surface area contributed by atoms with Crippen LogP contribution in [0.1, 0.15) is 0 Å². The van der Waals surface area contributed by atoms with Gasteiger partial charge in [-0.1, -0.05) is 0 Å². The van der Waals surface area contributed by atoms with Crippen molar-refractivity contribution in [2.24, 2.45) is 0 Å². The predicted octanol–water partition coefficient (Wildman–Crippen LogP) is -0.886. The minimum absolute atomic E-state index is 0. The van der Waals surface area contributed by atoms with Gasteiger partial charge in [0.2, 0.25) is 0 Å². The first-order chi connectivity index (χ1) is 0. The van der Waals surface area contributed by atoms with Crippen LogP contribution in [0.5, 0.6) is 0 Å². The molecule has 0 aliphatic rings. The van der Waals surface area contributed by atoms with Crippen LogP contribution >= 0.6 is 48.0 Å². The Kier molecular flexibility index (Phi) is 174. The zero-order valence-corrected chi connectivity index (χ0v) is 5.98. The molecule has 0 rings (SSSR count). The van der Waals surface area contributed by atoms with Crippen LogP contribution in [0, 0.1) is 0 Å². The van der Waals surface area contributed by atoms with E-state index in [1.165, 1.54) is 0 Å². The Morgan fingerprint density at radius 1 is 0.800 bits per heavy atom. The van der Waals surface area contributed by atoms with E-state index < -0.39 is 0 Å². The van der Waals surface area contributed by atoms with Crippen molar-refractivity contribution >= 4 is 129 Å². The summed E-state index contributed by atoms with van der Waals surface area (Å²) in [7, 11) is 0. The van der Waals surface area contributed by atoms with Gasteiger partial charge in [-0.05, 0) is 0 Å². The second-order valence-corrected chi connectivity index (χ2v) is 0. The molecule has 0 bridgehead atoms. The van der Waals surface area contributed by atoms with E-state index in [-0.39, 0.29) is 134 Å². The SMILES string of the molecule is I.I.O.[KH].[NaH]. The molecule has 0 heterocycles. The third kappa shape index (κ3) is 18.0. The van der Waals surface area contributed by atoms with Crippen molar-refractivity contribution in [3.63, 3.8) is 0 Å². The summed E-state index contributed by atoms with van der Waals surface area (Å²) >= 11 is 0.